The van der Waals surface area contributed by atoms with Crippen LogP contribution in [0.1, 0.15) is 5.69 Å². The Morgan fingerprint density at radius 2 is 2.12 bits per heavy atom. The van der Waals surface area contributed by atoms with Gasteiger partial charge >= 0.3 is 0 Å². The van der Waals surface area contributed by atoms with Crippen LogP contribution < -0.4 is 0 Å². The number of halogens is 1. The molecule has 4 heteroatoms. The van der Waals surface area contributed by atoms with Gasteiger partial charge in [-0.25, -0.2) is 4.98 Å². The number of para-hydroxylation sites is 1. The van der Waals surface area contributed by atoms with Crippen LogP contribution in [0.4, 0.5) is 0 Å². The van der Waals surface area contributed by atoms with E-state index in [1.54, 1.807) is 0 Å². The first-order valence-corrected chi connectivity index (χ1v) is 5.39. The van der Waals surface area contributed by atoms with Gasteiger partial charge in [-0.05, 0) is 12.1 Å². The molecule has 0 aliphatic carbocycles. The molecule has 0 radical (unpaired) electrons. The molecule has 0 fully saturated rings. The Hall–Kier alpha value is -1.74. The van der Waals surface area contributed by atoms with Gasteiger partial charge in [-0.2, -0.15) is 0 Å². The lowest BCUT2D eigenvalue weighted by Gasteiger charge is -1.85. The molecule has 0 amide bonds. The van der Waals surface area contributed by atoms with Gasteiger partial charge in [-0.1, -0.05) is 18.2 Å². The Balaban J connectivity index is 2.11. The number of fused-ring (bicyclic) bond motifs is 1. The van der Waals surface area contributed by atoms with E-state index >= 15 is 0 Å². The third-order valence-electron chi connectivity index (χ3n) is 2.32. The second-order valence-electron chi connectivity index (χ2n) is 3.43. The highest BCUT2D eigenvalue weighted by Gasteiger charge is 2.11. The first-order chi connectivity index (χ1) is 7.86. The number of hydrogen-bond donors (Lipinski definition) is 0. The molecule has 80 valence electrons. The molecule has 3 rings (SSSR count). The molecule has 0 unspecified atom stereocenters. The van der Waals surface area contributed by atoms with Crippen LogP contribution in [0, 0.1) is 0 Å². The van der Waals surface area contributed by atoms with Crippen molar-refractivity contribution in [3.8, 4) is 11.7 Å². The number of aromatic nitrogens is 1. The molecule has 0 N–H and O–H groups in total. The monoisotopic (exact) mass is 233 g/mol. The van der Waals surface area contributed by atoms with E-state index in [1.807, 2.05) is 30.3 Å². The minimum absolute atomic E-state index is 0.337. The Kier molecular flexibility index (Phi) is 2.18. The van der Waals surface area contributed by atoms with Gasteiger partial charge in [0.25, 0.3) is 5.89 Å². The van der Waals surface area contributed by atoms with E-state index in [2.05, 4.69) is 4.98 Å². The lowest BCUT2D eigenvalue weighted by molar-refractivity contribution is 0.533. The normalized spacial score (nSPS) is 11.1. The molecule has 2 heterocycles. The summed E-state index contributed by atoms with van der Waals surface area (Å²) in [4.78, 5) is 4.20. The van der Waals surface area contributed by atoms with E-state index in [4.69, 9.17) is 20.4 Å². The molecular formula is C12H8ClNO2. The number of alkyl halides is 1. The van der Waals surface area contributed by atoms with Gasteiger partial charge in [0, 0.05) is 5.39 Å². The Bertz CT molecular complexity index is 594. The highest BCUT2D eigenvalue weighted by Crippen LogP contribution is 2.27. The molecule has 0 saturated heterocycles. The lowest BCUT2D eigenvalue weighted by atomic mass is 10.2. The van der Waals surface area contributed by atoms with E-state index < -0.39 is 0 Å². The smallest absolute Gasteiger partial charge is 0.263 e. The van der Waals surface area contributed by atoms with E-state index in [-0.39, 0.29) is 0 Å². The molecule has 3 nitrogen and oxygen atoms in total. The van der Waals surface area contributed by atoms with Gasteiger partial charge in [-0.3, -0.25) is 0 Å². The first-order valence-electron chi connectivity index (χ1n) is 4.86. The van der Waals surface area contributed by atoms with Crippen molar-refractivity contribution in [3.05, 3.63) is 42.3 Å². The van der Waals surface area contributed by atoms with Crippen molar-refractivity contribution in [2.75, 3.05) is 0 Å². The second-order valence-corrected chi connectivity index (χ2v) is 3.69. The zero-order valence-corrected chi connectivity index (χ0v) is 9.07. The summed E-state index contributed by atoms with van der Waals surface area (Å²) >= 11 is 5.65. The standard InChI is InChI=1S/C12H8ClNO2/c13-6-9-7-15-12(14-9)11-5-8-3-1-2-4-10(8)16-11/h1-5,7H,6H2. The van der Waals surface area contributed by atoms with Crippen LogP contribution >= 0.6 is 11.6 Å². The number of hydrogen-bond acceptors (Lipinski definition) is 3. The van der Waals surface area contributed by atoms with E-state index in [1.165, 1.54) is 6.26 Å². The number of rotatable bonds is 2. The predicted octanol–water partition coefficient (Wildman–Crippen LogP) is 3.83. The van der Waals surface area contributed by atoms with Crippen molar-refractivity contribution >= 4 is 22.6 Å². The Morgan fingerprint density at radius 3 is 2.88 bits per heavy atom. The van der Waals surface area contributed by atoms with Gasteiger partial charge < -0.3 is 8.83 Å². The summed E-state index contributed by atoms with van der Waals surface area (Å²) in [6.07, 6.45) is 1.54. The fraction of sp³-hybridized carbons (Fsp3) is 0.0833. The molecule has 0 aliphatic rings. The average Bonchev–Trinajstić information content (AvgIpc) is 2.95. The zero-order valence-electron chi connectivity index (χ0n) is 8.31. The number of nitrogens with zero attached hydrogens (tertiary/aromatic N) is 1. The van der Waals surface area contributed by atoms with Crippen LogP contribution in [-0.2, 0) is 5.88 Å². The van der Waals surface area contributed by atoms with Crippen LogP contribution in [0.25, 0.3) is 22.6 Å². The summed E-state index contributed by atoms with van der Waals surface area (Å²) in [5, 5.41) is 1.03. The average molecular weight is 234 g/mol. The van der Waals surface area contributed by atoms with E-state index in [9.17, 15) is 0 Å². The highest BCUT2D eigenvalue weighted by molar-refractivity contribution is 6.16. The number of oxazole rings is 1. The summed E-state index contributed by atoms with van der Waals surface area (Å²) < 4.78 is 10.9. The molecule has 0 spiro atoms. The zero-order chi connectivity index (χ0) is 11.0. The van der Waals surface area contributed by atoms with Gasteiger partial charge in [0.05, 0.1) is 11.6 Å². The van der Waals surface area contributed by atoms with Gasteiger partial charge in [0.15, 0.2) is 5.76 Å². The van der Waals surface area contributed by atoms with Crippen LogP contribution in [0.15, 0.2) is 45.4 Å². The maximum atomic E-state index is 5.65. The minimum atomic E-state index is 0.337. The van der Waals surface area contributed by atoms with Crippen molar-refractivity contribution in [3.63, 3.8) is 0 Å². The SMILES string of the molecule is ClCc1coc(-c2cc3ccccc3o2)n1. The first kappa shape index (κ1) is 9.48. The predicted molar refractivity (Wildman–Crippen MR) is 61.3 cm³/mol. The van der Waals surface area contributed by atoms with Gasteiger partial charge in [0.2, 0.25) is 0 Å². The summed E-state index contributed by atoms with van der Waals surface area (Å²) in [5.74, 6) is 1.42. The topological polar surface area (TPSA) is 39.2 Å². The lowest BCUT2D eigenvalue weighted by Crippen LogP contribution is -1.76. The highest BCUT2D eigenvalue weighted by atomic mass is 35.5. The second kappa shape index (κ2) is 3.68. The Morgan fingerprint density at radius 1 is 1.25 bits per heavy atom. The van der Waals surface area contributed by atoms with Crippen LogP contribution in [0.2, 0.25) is 0 Å². The molecule has 1 aromatic carbocycles. The van der Waals surface area contributed by atoms with Gasteiger partial charge in [0.1, 0.15) is 11.8 Å². The van der Waals surface area contributed by atoms with Crippen LogP contribution in [0.5, 0.6) is 0 Å². The molecule has 0 bridgehead atoms. The summed E-state index contributed by atoms with van der Waals surface area (Å²) in [6.45, 7) is 0. The maximum Gasteiger partial charge on any atom is 0.263 e. The summed E-state index contributed by atoms with van der Waals surface area (Å²) in [5.41, 5.74) is 1.53. The van der Waals surface area contributed by atoms with Crippen molar-refractivity contribution in [2.45, 2.75) is 5.88 Å². The largest absolute Gasteiger partial charge is 0.451 e. The van der Waals surface area contributed by atoms with Crippen LogP contribution in [-0.4, -0.2) is 4.98 Å². The maximum absolute atomic E-state index is 5.65. The van der Waals surface area contributed by atoms with Crippen molar-refractivity contribution in [1.29, 1.82) is 0 Å². The van der Waals surface area contributed by atoms with Crippen molar-refractivity contribution < 1.29 is 8.83 Å². The van der Waals surface area contributed by atoms with Crippen molar-refractivity contribution in [2.24, 2.45) is 0 Å². The number of furan rings is 1. The third kappa shape index (κ3) is 1.49. The van der Waals surface area contributed by atoms with Gasteiger partial charge in [-0.15, -0.1) is 11.6 Å². The fourth-order valence-corrected chi connectivity index (χ4v) is 1.69. The molecular weight excluding hydrogens is 226 g/mol. The number of benzene rings is 1. The molecule has 0 saturated carbocycles. The van der Waals surface area contributed by atoms with E-state index in [0.29, 0.717) is 23.2 Å². The third-order valence-corrected chi connectivity index (χ3v) is 2.60. The molecule has 16 heavy (non-hydrogen) atoms. The summed E-state index contributed by atoms with van der Waals surface area (Å²) in [7, 11) is 0. The molecule has 3 aromatic rings. The van der Waals surface area contributed by atoms with Crippen molar-refractivity contribution in [1.82, 2.24) is 4.98 Å². The molecule has 0 atom stereocenters. The fourth-order valence-electron chi connectivity index (χ4n) is 1.57. The summed E-state index contributed by atoms with van der Waals surface area (Å²) in [6, 6.07) is 9.67. The van der Waals surface area contributed by atoms with Crippen LogP contribution in [0.3, 0.4) is 0 Å². The van der Waals surface area contributed by atoms with E-state index in [0.717, 1.165) is 11.0 Å². The molecule has 2 aromatic heterocycles. The molecule has 0 aliphatic heterocycles. The quantitative estimate of drug-likeness (QED) is 0.632. The minimum Gasteiger partial charge on any atom is -0.451 e. The Labute approximate surface area is 96.6 Å².